The smallest absolute Gasteiger partial charge is 0.429 e. The molecule has 0 spiro atoms. The Morgan fingerprint density at radius 1 is 1.31 bits per heavy atom. The van der Waals surface area contributed by atoms with Crippen molar-refractivity contribution in [2.45, 2.75) is 12.3 Å². The van der Waals surface area contributed by atoms with E-state index in [0.717, 1.165) is 11.6 Å². The van der Waals surface area contributed by atoms with Crippen LogP contribution in [0.15, 0.2) is 30.9 Å². The maximum absolute atomic E-state index is 12.4. The van der Waals surface area contributed by atoms with Crippen LogP contribution < -0.4 is 4.74 Å². The highest BCUT2D eigenvalue weighted by Crippen LogP contribution is 2.33. The van der Waals surface area contributed by atoms with Gasteiger partial charge in [-0.1, -0.05) is 24.8 Å². The van der Waals surface area contributed by atoms with Crippen molar-refractivity contribution in [2.75, 3.05) is 0 Å². The molecule has 1 aliphatic heterocycles. The van der Waals surface area contributed by atoms with Crippen molar-refractivity contribution in [2.24, 2.45) is 0 Å². The molecule has 1 atom stereocenters. The highest BCUT2D eigenvalue weighted by molar-refractivity contribution is 5.64. The predicted octanol–water partition coefficient (Wildman–Crippen LogP) is 3.67. The Balaban J connectivity index is 2.33. The fourth-order valence-electron chi connectivity index (χ4n) is 1.47. The Morgan fingerprint density at radius 3 is 2.69 bits per heavy atom. The molecule has 0 aliphatic carbocycles. The van der Waals surface area contributed by atoms with E-state index in [4.69, 9.17) is 4.74 Å². The summed E-state index contributed by atoms with van der Waals surface area (Å²) in [5.74, 6) is 0.246. The lowest BCUT2D eigenvalue weighted by molar-refractivity contribution is -0.180. The molecule has 0 aromatic heterocycles. The fraction of sp³-hybridized carbons (Fsp3) is 0.167. The van der Waals surface area contributed by atoms with Crippen molar-refractivity contribution in [1.82, 2.24) is 0 Å². The number of ether oxygens (including phenoxy) is 1. The van der Waals surface area contributed by atoms with E-state index in [1.807, 2.05) is 0 Å². The van der Waals surface area contributed by atoms with Gasteiger partial charge < -0.3 is 4.74 Å². The second kappa shape index (κ2) is 3.70. The average molecular weight is 226 g/mol. The lowest BCUT2D eigenvalue weighted by atomic mass is 10.1. The van der Waals surface area contributed by atoms with Crippen LogP contribution in [-0.4, -0.2) is 12.3 Å². The zero-order valence-corrected chi connectivity index (χ0v) is 8.29. The predicted molar refractivity (Wildman–Crippen MR) is 56.0 cm³/mol. The highest BCUT2D eigenvalue weighted by Gasteiger charge is 2.41. The number of alkyl halides is 3. The summed E-state index contributed by atoms with van der Waals surface area (Å²) in [4.78, 5) is 0. The van der Waals surface area contributed by atoms with Crippen LogP contribution in [0.1, 0.15) is 11.1 Å². The van der Waals surface area contributed by atoms with Crippen molar-refractivity contribution in [3.8, 4) is 5.75 Å². The Bertz CT molecular complexity index is 446. The first-order valence-corrected chi connectivity index (χ1v) is 4.69. The lowest BCUT2D eigenvalue weighted by Crippen LogP contribution is -2.33. The number of hydrogen-bond donors (Lipinski definition) is 0. The molecule has 2 rings (SSSR count). The monoisotopic (exact) mass is 226 g/mol. The summed E-state index contributed by atoms with van der Waals surface area (Å²) in [7, 11) is 0. The Morgan fingerprint density at radius 2 is 2.06 bits per heavy atom. The molecular formula is C12H9F3O. The molecule has 16 heavy (non-hydrogen) atoms. The van der Waals surface area contributed by atoms with Crippen LogP contribution in [0, 0.1) is 0 Å². The second-order valence-corrected chi connectivity index (χ2v) is 3.44. The molecule has 4 heteroatoms. The van der Waals surface area contributed by atoms with Gasteiger partial charge in [0.2, 0.25) is 6.10 Å². The third-order valence-electron chi connectivity index (χ3n) is 2.30. The molecule has 0 amide bonds. The summed E-state index contributed by atoms with van der Waals surface area (Å²) in [5.41, 5.74) is 1.48. The molecule has 0 N–H and O–H groups in total. The van der Waals surface area contributed by atoms with Crippen LogP contribution in [0.5, 0.6) is 5.75 Å². The normalized spacial score (nSPS) is 18.8. The summed E-state index contributed by atoms with van der Waals surface area (Å²) >= 11 is 0. The van der Waals surface area contributed by atoms with Gasteiger partial charge in [0.25, 0.3) is 0 Å². The van der Waals surface area contributed by atoms with Gasteiger partial charge in [-0.05, 0) is 23.8 Å². The van der Waals surface area contributed by atoms with Gasteiger partial charge in [-0.15, -0.1) is 0 Å². The van der Waals surface area contributed by atoms with Crippen molar-refractivity contribution < 1.29 is 17.9 Å². The first-order chi connectivity index (χ1) is 7.50. The van der Waals surface area contributed by atoms with E-state index in [1.165, 1.54) is 12.1 Å². The molecule has 0 fully saturated rings. The molecule has 1 aliphatic rings. The van der Waals surface area contributed by atoms with Gasteiger partial charge in [0.1, 0.15) is 5.75 Å². The molecule has 1 nitrogen and oxygen atoms in total. The van der Waals surface area contributed by atoms with Gasteiger partial charge in [0.05, 0.1) is 0 Å². The number of hydrogen-bond acceptors (Lipinski definition) is 1. The van der Waals surface area contributed by atoms with Gasteiger partial charge in [-0.3, -0.25) is 0 Å². The topological polar surface area (TPSA) is 9.23 Å². The number of fused-ring (bicyclic) bond motifs is 1. The van der Waals surface area contributed by atoms with E-state index in [0.29, 0.717) is 5.56 Å². The van der Waals surface area contributed by atoms with Crippen LogP contribution in [0.4, 0.5) is 13.2 Å². The summed E-state index contributed by atoms with van der Waals surface area (Å²) < 4.78 is 42.0. The van der Waals surface area contributed by atoms with Crippen molar-refractivity contribution in [1.29, 1.82) is 0 Å². The van der Waals surface area contributed by atoms with Crippen LogP contribution >= 0.6 is 0 Å². The average Bonchev–Trinajstić information content (AvgIpc) is 2.26. The SMILES string of the molecule is C=Cc1ccc2c(c1)C=CC(C(F)(F)F)O2. The van der Waals surface area contributed by atoms with E-state index in [2.05, 4.69) is 6.58 Å². The molecule has 0 saturated carbocycles. The van der Waals surface area contributed by atoms with Gasteiger partial charge in [0.15, 0.2) is 0 Å². The van der Waals surface area contributed by atoms with Crippen LogP contribution in [0.2, 0.25) is 0 Å². The quantitative estimate of drug-likeness (QED) is 0.710. The van der Waals surface area contributed by atoms with E-state index in [-0.39, 0.29) is 5.75 Å². The molecule has 1 aromatic rings. The zero-order valence-electron chi connectivity index (χ0n) is 8.29. The Labute approximate surface area is 90.8 Å². The Kier molecular flexibility index (Phi) is 2.50. The lowest BCUT2D eigenvalue weighted by Gasteiger charge is -2.23. The summed E-state index contributed by atoms with van der Waals surface area (Å²) in [6.45, 7) is 3.59. The molecule has 0 radical (unpaired) electrons. The maximum atomic E-state index is 12.4. The van der Waals surface area contributed by atoms with Crippen LogP contribution in [0.25, 0.3) is 12.2 Å². The molecule has 1 unspecified atom stereocenters. The summed E-state index contributed by atoms with van der Waals surface area (Å²) in [6, 6.07) is 4.92. The van der Waals surface area contributed by atoms with Crippen LogP contribution in [0.3, 0.4) is 0 Å². The van der Waals surface area contributed by atoms with Crippen molar-refractivity contribution in [3.63, 3.8) is 0 Å². The van der Waals surface area contributed by atoms with E-state index < -0.39 is 12.3 Å². The first-order valence-electron chi connectivity index (χ1n) is 4.69. The second-order valence-electron chi connectivity index (χ2n) is 3.44. The molecule has 0 saturated heterocycles. The van der Waals surface area contributed by atoms with E-state index in [1.54, 1.807) is 18.2 Å². The third-order valence-corrected chi connectivity index (χ3v) is 2.30. The van der Waals surface area contributed by atoms with Crippen molar-refractivity contribution >= 4 is 12.2 Å². The van der Waals surface area contributed by atoms with E-state index >= 15 is 0 Å². The number of benzene rings is 1. The zero-order chi connectivity index (χ0) is 11.8. The number of rotatable bonds is 1. The summed E-state index contributed by atoms with van der Waals surface area (Å²) in [5, 5.41) is 0. The maximum Gasteiger partial charge on any atom is 0.429 e. The molecule has 0 bridgehead atoms. The fourth-order valence-corrected chi connectivity index (χ4v) is 1.47. The van der Waals surface area contributed by atoms with Crippen molar-refractivity contribution in [3.05, 3.63) is 42.0 Å². The minimum absolute atomic E-state index is 0.246. The standard InChI is InChI=1S/C12H9F3O/c1-2-8-3-5-10-9(7-8)4-6-11(16-10)12(13,14)15/h2-7,11H,1H2. The largest absolute Gasteiger partial charge is 0.476 e. The van der Waals surface area contributed by atoms with Gasteiger partial charge in [-0.2, -0.15) is 13.2 Å². The third kappa shape index (κ3) is 1.96. The van der Waals surface area contributed by atoms with E-state index in [9.17, 15) is 13.2 Å². The minimum Gasteiger partial charge on any atom is -0.476 e. The minimum atomic E-state index is -4.37. The van der Waals surface area contributed by atoms with Gasteiger partial charge in [-0.25, -0.2) is 0 Å². The first kappa shape index (κ1) is 10.8. The van der Waals surface area contributed by atoms with Crippen LogP contribution in [-0.2, 0) is 0 Å². The number of halogens is 3. The highest BCUT2D eigenvalue weighted by atomic mass is 19.4. The Hall–Kier alpha value is -1.71. The van der Waals surface area contributed by atoms with Gasteiger partial charge >= 0.3 is 6.18 Å². The molecular weight excluding hydrogens is 217 g/mol. The molecule has 84 valence electrons. The molecule has 1 aromatic carbocycles. The van der Waals surface area contributed by atoms with Gasteiger partial charge in [0, 0.05) is 5.56 Å². The summed E-state index contributed by atoms with van der Waals surface area (Å²) in [6.07, 6.45) is -2.16. The molecule has 1 heterocycles.